The van der Waals surface area contributed by atoms with Gasteiger partial charge in [-0.15, -0.1) is 10.2 Å². The van der Waals surface area contributed by atoms with E-state index in [1.54, 1.807) is 0 Å². The van der Waals surface area contributed by atoms with E-state index >= 15 is 0 Å². The quantitative estimate of drug-likeness (QED) is 0.777. The van der Waals surface area contributed by atoms with Crippen LogP contribution in [0.25, 0.3) is 0 Å². The van der Waals surface area contributed by atoms with Crippen LogP contribution >= 0.6 is 11.8 Å². The van der Waals surface area contributed by atoms with Crippen LogP contribution in [0.3, 0.4) is 0 Å². The molecule has 0 saturated heterocycles. The third kappa shape index (κ3) is 3.64. The first-order valence-corrected chi connectivity index (χ1v) is 9.56. The number of hydrogen-bond donors (Lipinski definition) is 1. The van der Waals surface area contributed by atoms with Gasteiger partial charge in [0, 0.05) is 18.2 Å². The molecule has 1 saturated carbocycles. The molecule has 1 aromatic carbocycles. The zero-order valence-electron chi connectivity index (χ0n) is 14.5. The molecular formula is C18H24N4OS. The fourth-order valence-electron chi connectivity index (χ4n) is 2.86. The number of nitrogens with one attached hydrogen (secondary N) is 1. The van der Waals surface area contributed by atoms with Crippen LogP contribution in [0, 0.1) is 6.92 Å². The summed E-state index contributed by atoms with van der Waals surface area (Å²) >= 11 is 1.46. The summed E-state index contributed by atoms with van der Waals surface area (Å²) in [6.07, 6.45) is 3.31. The van der Waals surface area contributed by atoms with Crippen molar-refractivity contribution in [3.8, 4) is 0 Å². The number of aromatic nitrogens is 3. The van der Waals surface area contributed by atoms with Crippen molar-refractivity contribution in [1.82, 2.24) is 14.8 Å². The second kappa shape index (κ2) is 7.38. The molecule has 1 aliphatic rings. The van der Waals surface area contributed by atoms with Crippen LogP contribution in [0.1, 0.15) is 49.6 Å². The molecule has 1 fully saturated rings. The Bertz CT molecular complexity index is 737. The van der Waals surface area contributed by atoms with Gasteiger partial charge in [-0.05, 0) is 44.2 Å². The Morgan fingerprint density at radius 3 is 2.79 bits per heavy atom. The lowest BCUT2D eigenvalue weighted by molar-refractivity contribution is -0.113. The van der Waals surface area contributed by atoms with Crippen molar-refractivity contribution in [2.45, 2.75) is 57.7 Å². The lowest BCUT2D eigenvalue weighted by atomic mass is 10.1. The standard InChI is InChI=1S/C18H24N4OS/c1-4-13-8-6-7-12(3)16(13)19-15(23)11-24-18-21-20-17(14-9-10-14)22(18)5-2/h6-8,14H,4-5,9-11H2,1-3H3,(H,19,23). The molecule has 0 bridgehead atoms. The molecule has 1 heterocycles. The average Bonchev–Trinajstić information content (AvgIpc) is 3.34. The van der Waals surface area contributed by atoms with Crippen molar-refractivity contribution in [2.75, 3.05) is 11.1 Å². The molecule has 24 heavy (non-hydrogen) atoms. The van der Waals surface area contributed by atoms with Crippen molar-refractivity contribution >= 4 is 23.4 Å². The number of amides is 1. The van der Waals surface area contributed by atoms with Gasteiger partial charge in [-0.1, -0.05) is 36.9 Å². The van der Waals surface area contributed by atoms with Gasteiger partial charge in [0.2, 0.25) is 5.91 Å². The molecule has 1 amide bonds. The zero-order valence-corrected chi connectivity index (χ0v) is 15.3. The van der Waals surface area contributed by atoms with E-state index in [1.165, 1.54) is 30.2 Å². The maximum atomic E-state index is 12.4. The highest BCUT2D eigenvalue weighted by Gasteiger charge is 2.30. The minimum Gasteiger partial charge on any atom is -0.325 e. The first kappa shape index (κ1) is 17.0. The number of anilines is 1. The predicted molar refractivity (Wildman–Crippen MR) is 97.6 cm³/mol. The van der Waals surface area contributed by atoms with E-state index in [-0.39, 0.29) is 5.91 Å². The molecule has 1 N–H and O–H groups in total. The Morgan fingerprint density at radius 1 is 1.33 bits per heavy atom. The van der Waals surface area contributed by atoms with E-state index in [0.29, 0.717) is 11.7 Å². The van der Waals surface area contributed by atoms with Crippen LogP contribution in [0.15, 0.2) is 23.4 Å². The molecule has 6 heteroatoms. The normalized spacial score (nSPS) is 14.0. The number of hydrogen-bond acceptors (Lipinski definition) is 4. The average molecular weight is 344 g/mol. The van der Waals surface area contributed by atoms with E-state index in [9.17, 15) is 4.79 Å². The highest BCUT2D eigenvalue weighted by atomic mass is 32.2. The summed E-state index contributed by atoms with van der Waals surface area (Å²) in [5.74, 6) is 2.00. The summed E-state index contributed by atoms with van der Waals surface area (Å²) in [6.45, 7) is 7.07. The van der Waals surface area contributed by atoms with Crippen LogP contribution in [-0.4, -0.2) is 26.4 Å². The van der Waals surface area contributed by atoms with Crippen LogP contribution in [0.5, 0.6) is 0 Å². The number of nitrogens with zero attached hydrogens (tertiary/aromatic N) is 3. The molecule has 0 aliphatic heterocycles. The molecule has 0 spiro atoms. The number of carbonyl (C=O) groups excluding carboxylic acids is 1. The molecule has 2 aromatic rings. The van der Waals surface area contributed by atoms with Gasteiger partial charge in [-0.2, -0.15) is 0 Å². The van der Waals surface area contributed by atoms with Gasteiger partial charge in [-0.25, -0.2) is 0 Å². The van der Waals surface area contributed by atoms with Gasteiger partial charge in [0.15, 0.2) is 5.16 Å². The molecule has 3 rings (SSSR count). The molecule has 1 aliphatic carbocycles. The molecule has 1 aromatic heterocycles. The third-order valence-electron chi connectivity index (χ3n) is 4.34. The maximum absolute atomic E-state index is 12.4. The highest BCUT2D eigenvalue weighted by Crippen LogP contribution is 2.40. The van der Waals surface area contributed by atoms with Gasteiger partial charge in [0.25, 0.3) is 0 Å². The van der Waals surface area contributed by atoms with Crippen LogP contribution in [0.4, 0.5) is 5.69 Å². The number of carbonyl (C=O) groups is 1. The lowest BCUT2D eigenvalue weighted by Gasteiger charge is -2.13. The Balaban J connectivity index is 1.64. The molecule has 0 radical (unpaired) electrons. The van der Waals surface area contributed by atoms with Crippen LogP contribution < -0.4 is 5.32 Å². The maximum Gasteiger partial charge on any atom is 0.234 e. The minimum absolute atomic E-state index is 0.00243. The number of thioether (sulfide) groups is 1. The van der Waals surface area contributed by atoms with Crippen LogP contribution in [-0.2, 0) is 17.8 Å². The van der Waals surface area contributed by atoms with Crippen molar-refractivity contribution in [1.29, 1.82) is 0 Å². The number of rotatable bonds is 7. The second-order valence-electron chi connectivity index (χ2n) is 6.16. The summed E-state index contributed by atoms with van der Waals surface area (Å²) in [5.41, 5.74) is 3.21. The molecular weight excluding hydrogens is 320 g/mol. The summed E-state index contributed by atoms with van der Waals surface area (Å²) < 4.78 is 2.14. The number of aryl methyl sites for hydroxylation is 2. The van der Waals surface area contributed by atoms with Crippen molar-refractivity contribution in [3.05, 3.63) is 35.2 Å². The molecule has 5 nitrogen and oxygen atoms in total. The SMILES string of the molecule is CCc1cccc(C)c1NC(=O)CSc1nnc(C2CC2)n1CC. The van der Waals surface area contributed by atoms with Crippen molar-refractivity contribution in [2.24, 2.45) is 0 Å². The van der Waals surface area contributed by atoms with Gasteiger partial charge in [0.1, 0.15) is 5.82 Å². The van der Waals surface area contributed by atoms with E-state index in [2.05, 4.69) is 40.0 Å². The number of benzene rings is 1. The topological polar surface area (TPSA) is 59.8 Å². The number of para-hydroxylation sites is 1. The Labute approximate surface area is 147 Å². The van der Waals surface area contributed by atoms with E-state index in [4.69, 9.17) is 0 Å². The van der Waals surface area contributed by atoms with E-state index < -0.39 is 0 Å². The largest absolute Gasteiger partial charge is 0.325 e. The smallest absolute Gasteiger partial charge is 0.234 e. The summed E-state index contributed by atoms with van der Waals surface area (Å²) in [4.78, 5) is 12.4. The van der Waals surface area contributed by atoms with Gasteiger partial charge >= 0.3 is 0 Å². The monoisotopic (exact) mass is 344 g/mol. The second-order valence-corrected chi connectivity index (χ2v) is 7.10. The van der Waals surface area contributed by atoms with E-state index in [0.717, 1.165) is 35.2 Å². The zero-order chi connectivity index (χ0) is 17.1. The van der Waals surface area contributed by atoms with Gasteiger partial charge in [-0.3, -0.25) is 4.79 Å². The fourth-order valence-corrected chi connectivity index (χ4v) is 3.66. The minimum atomic E-state index is 0.00243. The lowest BCUT2D eigenvalue weighted by Crippen LogP contribution is -2.16. The summed E-state index contributed by atoms with van der Waals surface area (Å²) in [5, 5.41) is 12.5. The summed E-state index contributed by atoms with van der Waals surface area (Å²) in [7, 11) is 0. The van der Waals surface area contributed by atoms with E-state index in [1.807, 2.05) is 19.1 Å². The molecule has 0 atom stereocenters. The summed E-state index contributed by atoms with van der Waals surface area (Å²) in [6, 6.07) is 6.12. The molecule has 128 valence electrons. The Kier molecular flexibility index (Phi) is 5.23. The molecule has 0 unspecified atom stereocenters. The Hall–Kier alpha value is -1.82. The predicted octanol–water partition coefficient (Wildman–Crippen LogP) is 3.78. The van der Waals surface area contributed by atoms with Crippen molar-refractivity contribution < 1.29 is 4.79 Å². The fraction of sp³-hybridized carbons (Fsp3) is 0.500. The van der Waals surface area contributed by atoms with Gasteiger partial charge < -0.3 is 9.88 Å². The third-order valence-corrected chi connectivity index (χ3v) is 5.31. The Morgan fingerprint density at radius 2 is 2.12 bits per heavy atom. The first-order chi connectivity index (χ1) is 11.6. The first-order valence-electron chi connectivity index (χ1n) is 8.58. The van der Waals surface area contributed by atoms with Gasteiger partial charge in [0.05, 0.1) is 5.75 Å². The highest BCUT2D eigenvalue weighted by molar-refractivity contribution is 7.99. The van der Waals surface area contributed by atoms with Crippen molar-refractivity contribution in [3.63, 3.8) is 0 Å². The van der Waals surface area contributed by atoms with Crippen LogP contribution in [0.2, 0.25) is 0 Å².